The summed E-state index contributed by atoms with van der Waals surface area (Å²) in [6.07, 6.45) is -11.7. The van der Waals surface area contributed by atoms with Crippen LogP contribution in [0.4, 0.5) is 35.1 Å². The fourth-order valence-electron chi connectivity index (χ4n) is 1.47. The van der Waals surface area contributed by atoms with Gasteiger partial charge in [-0.15, -0.1) is 0 Å². The van der Waals surface area contributed by atoms with Crippen LogP contribution in [0.25, 0.3) is 0 Å². The molecule has 1 amide bonds. The van der Waals surface area contributed by atoms with Crippen molar-refractivity contribution in [3.63, 3.8) is 0 Å². The average molecular weight is 480 g/mol. The van der Waals surface area contributed by atoms with Crippen molar-refractivity contribution in [1.29, 1.82) is 0 Å². The molecule has 0 saturated carbocycles. The Labute approximate surface area is 163 Å². The molecule has 0 aromatic rings. The maximum atomic E-state index is 13.5. The zero-order chi connectivity index (χ0) is 24.2. The number of esters is 1. The highest BCUT2D eigenvalue weighted by molar-refractivity contribution is 7.86. The van der Waals surface area contributed by atoms with E-state index in [4.69, 9.17) is 0 Å². The molecule has 0 saturated heterocycles. The van der Waals surface area contributed by atoms with Crippen LogP contribution in [0.5, 0.6) is 0 Å². The molecule has 0 bridgehead atoms. The molecule has 0 spiro atoms. The van der Waals surface area contributed by atoms with E-state index >= 15 is 0 Å². The second-order valence-electron chi connectivity index (χ2n) is 5.47. The third-order valence-electron chi connectivity index (χ3n) is 3.12. The van der Waals surface area contributed by atoms with E-state index in [2.05, 4.69) is 16.1 Å². The number of halogens is 8. The highest BCUT2D eigenvalue weighted by Gasteiger charge is 2.68. The summed E-state index contributed by atoms with van der Waals surface area (Å²) in [5, 5.41) is -4.12. The van der Waals surface area contributed by atoms with Crippen LogP contribution in [0.15, 0.2) is 12.2 Å². The maximum Gasteiger partial charge on any atom is 0.466 e. The van der Waals surface area contributed by atoms with Gasteiger partial charge in [0.15, 0.2) is 10.1 Å². The molecular formula is C13H14F8NO7S-. The predicted molar refractivity (Wildman–Crippen MR) is 78.6 cm³/mol. The second kappa shape index (κ2) is 9.42. The van der Waals surface area contributed by atoms with Crippen LogP contribution in [0.2, 0.25) is 0 Å². The number of hydrogen-bond acceptors (Lipinski definition) is 7. The summed E-state index contributed by atoms with van der Waals surface area (Å²) in [6, 6.07) is 0. The van der Waals surface area contributed by atoms with Gasteiger partial charge in [0.05, 0.1) is 0 Å². The lowest BCUT2D eigenvalue weighted by atomic mass is 10.2. The van der Waals surface area contributed by atoms with E-state index in [1.54, 1.807) is 0 Å². The fourth-order valence-corrected chi connectivity index (χ4v) is 1.67. The topological polar surface area (TPSA) is 122 Å². The standard InChI is InChI=1S/C13H15F8NO7S/c1-3-4-5-22-9(24)11(13(19,20)21,28-6-10(14,15)30(25,26)27)29-8(23)7(2)12(16,17)18/h2-6H2,1H3,(H,22,24)(H,25,26,27)/p-1. The van der Waals surface area contributed by atoms with Crippen LogP contribution in [0, 0.1) is 0 Å². The molecule has 0 fully saturated rings. The lowest BCUT2D eigenvalue weighted by molar-refractivity contribution is -0.353. The minimum absolute atomic E-state index is 0.00597. The summed E-state index contributed by atoms with van der Waals surface area (Å²) in [6.45, 7) is 0.0599. The van der Waals surface area contributed by atoms with Crippen LogP contribution in [-0.4, -0.2) is 61.4 Å². The monoisotopic (exact) mass is 480 g/mol. The molecule has 0 heterocycles. The number of hydrogen-bond donors (Lipinski definition) is 1. The first kappa shape index (κ1) is 28.0. The molecule has 1 unspecified atom stereocenters. The Morgan fingerprint density at radius 3 is 1.93 bits per heavy atom. The summed E-state index contributed by atoms with van der Waals surface area (Å²) in [5.41, 5.74) is -2.57. The van der Waals surface area contributed by atoms with E-state index in [-0.39, 0.29) is 12.8 Å². The maximum absolute atomic E-state index is 13.5. The van der Waals surface area contributed by atoms with Crippen LogP contribution in [-0.2, 0) is 29.2 Å². The Balaban J connectivity index is 6.25. The highest BCUT2D eigenvalue weighted by atomic mass is 32.2. The van der Waals surface area contributed by atoms with Gasteiger partial charge in [-0.3, -0.25) is 4.79 Å². The molecule has 0 aromatic carbocycles. The van der Waals surface area contributed by atoms with Gasteiger partial charge in [0.1, 0.15) is 12.2 Å². The fraction of sp³-hybridized carbons (Fsp3) is 0.692. The van der Waals surface area contributed by atoms with Gasteiger partial charge < -0.3 is 19.3 Å². The number of amides is 1. The average Bonchev–Trinajstić information content (AvgIpc) is 2.54. The molecule has 1 atom stereocenters. The predicted octanol–water partition coefficient (Wildman–Crippen LogP) is 1.98. The number of carbonyl (C=O) groups excluding carboxylic acids is 2. The zero-order valence-corrected chi connectivity index (χ0v) is 15.6. The number of carbonyl (C=O) groups is 2. The van der Waals surface area contributed by atoms with Crippen molar-refractivity contribution in [3.8, 4) is 0 Å². The third-order valence-corrected chi connectivity index (χ3v) is 3.97. The molecule has 0 aliphatic carbocycles. The summed E-state index contributed by atoms with van der Waals surface area (Å²) >= 11 is 0. The van der Waals surface area contributed by atoms with E-state index < -0.39 is 64.1 Å². The summed E-state index contributed by atoms with van der Waals surface area (Å²) in [4.78, 5) is 23.4. The molecule has 17 heteroatoms. The van der Waals surface area contributed by atoms with Crippen LogP contribution in [0.1, 0.15) is 19.8 Å². The quantitative estimate of drug-likeness (QED) is 0.127. The van der Waals surface area contributed by atoms with Gasteiger partial charge in [-0.1, -0.05) is 19.9 Å². The Hall–Kier alpha value is -2.01. The molecule has 0 radical (unpaired) electrons. The number of rotatable bonds is 10. The number of nitrogens with one attached hydrogen (secondary N) is 1. The van der Waals surface area contributed by atoms with E-state index in [0.29, 0.717) is 0 Å². The van der Waals surface area contributed by atoms with Crippen LogP contribution in [0.3, 0.4) is 0 Å². The molecule has 0 aromatic heterocycles. The summed E-state index contributed by atoms with van der Waals surface area (Å²) < 4.78 is 143. The molecule has 0 aliphatic heterocycles. The highest BCUT2D eigenvalue weighted by Crippen LogP contribution is 2.39. The number of unbranched alkanes of at least 4 members (excludes halogenated alkanes) is 1. The van der Waals surface area contributed by atoms with Gasteiger partial charge in [0.25, 0.3) is 0 Å². The first-order valence-electron chi connectivity index (χ1n) is 7.54. The molecule has 176 valence electrons. The van der Waals surface area contributed by atoms with Gasteiger partial charge in [0.2, 0.25) is 0 Å². The van der Waals surface area contributed by atoms with E-state index in [1.165, 1.54) is 12.2 Å². The normalized spacial score (nSPS) is 15.3. The van der Waals surface area contributed by atoms with Crippen molar-refractivity contribution in [2.24, 2.45) is 0 Å². The molecule has 0 rings (SSSR count). The molecule has 1 N–H and O–H groups in total. The summed E-state index contributed by atoms with van der Waals surface area (Å²) in [5.74, 6) is -10.6. The lowest BCUT2D eigenvalue weighted by Gasteiger charge is -2.34. The van der Waals surface area contributed by atoms with Gasteiger partial charge in [0, 0.05) is 6.54 Å². The van der Waals surface area contributed by atoms with Gasteiger partial charge in [-0.05, 0) is 6.42 Å². The van der Waals surface area contributed by atoms with Crippen molar-refractivity contribution >= 4 is 22.0 Å². The third kappa shape index (κ3) is 6.76. The molecular weight excluding hydrogens is 466 g/mol. The molecule has 30 heavy (non-hydrogen) atoms. The molecule has 0 aliphatic rings. The second-order valence-corrected chi connectivity index (χ2v) is 6.98. The van der Waals surface area contributed by atoms with Gasteiger partial charge >= 0.3 is 35.3 Å². The SMILES string of the molecule is C=C(C(=O)OC(OCC(F)(F)S(=O)(=O)[O-])(C(=O)NCCCC)C(F)(F)F)C(F)(F)F. The minimum Gasteiger partial charge on any atom is -0.743 e. The van der Waals surface area contributed by atoms with Crippen molar-refractivity contribution in [2.75, 3.05) is 13.2 Å². The first-order chi connectivity index (χ1) is 13.2. The van der Waals surface area contributed by atoms with Crippen molar-refractivity contribution in [3.05, 3.63) is 12.2 Å². The minimum atomic E-state index is -6.63. The summed E-state index contributed by atoms with van der Waals surface area (Å²) in [7, 11) is -6.63. The van der Waals surface area contributed by atoms with Crippen molar-refractivity contribution in [2.45, 2.75) is 43.2 Å². The van der Waals surface area contributed by atoms with Crippen molar-refractivity contribution < 1.29 is 67.2 Å². The van der Waals surface area contributed by atoms with E-state index in [9.17, 15) is 57.7 Å². The zero-order valence-electron chi connectivity index (χ0n) is 14.8. The largest absolute Gasteiger partial charge is 0.743 e. The van der Waals surface area contributed by atoms with Crippen molar-refractivity contribution in [1.82, 2.24) is 5.32 Å². The number of ether oxygens (including phenoxy) is 2. The molecule has 8 nitrogen and oxygen atoms in total. The van der Waals surface area contributed by atoms with Gasteiger partial charge in [-0.25, -0.2) is 13.2 Å². The Morgan fingerprint density at radius 2 is 1.57 bits per heavy atom. The Morgan fingerprint density at radius 1 is 1.07 bits per heavy atom. The number of alkyl halides is 8. The van der Waals surface area contributed by atoms with E-state index in [0.717, 1.165) is 0 Å². The lowest BCUT2D eigenvalue weighted by Crippen LogP contribution is -2.63. The van der Waals surface area contributed by atoms with Gasteiger partial charge in [-0.2, -0.15) is 35.1 Å². The smallest absolute Gasteiger partial charge is 0.466 e. The first-order valence-corrected chi connectivity index (χ1v) is 8.95. The van der Waals surface area contributed by atoms with Crippen LogP contribution < -0.4 is 5.32 Å². The Bertz CT molecular complexity index is 762. The Kier molecular flexibility index (Phi) is 8.79. The van der Waals surface area contributed by atoms with Crippen LogP contribution >= 0.6 is 0 Å². The van der Waals surface area contributed by atoms with E-state index in [1.807, 2.05) is 0 Å².